The fraction of sp³-hybridized carbons (Fsp3) is 0.263. The Labute approximate surface area is 145 Å². The molecular formula is C19H20N4O2. The average Bonchev–Trinajstić information content (AvgIpc) is 3.04. The molecule has 1 fully saturated rings. The van der Waals surface area contributed by atoms with Gasteiger partial charge in [0.05, 0.1) is 17.1 Å². The highest BCUT2D eigenvalue weighted by Gasteiger charge is 2.38. The molecule has 1 saturated carbocycles. The number of rotatable bonds is 4. The summed E-state index contributed by atoms with van der Waals surface area (Å²) in [6, 6.07) is 15.5. The number of aromatic nitrogens is 2. The van der Waals surface area contributed by atoms with Gasteiger partial charge in [-0.2, -0.15) is 0 Å². The molecule has 2 aromatic carbocycles. The highest BCUT2D eigenvalue weighted by atomic mass is 16.3. The van der Waals surface area contributed by atoms with E-state index in [1.54, 1.807) is 6.33 Å². The Morgan fingerprint density at radius 2 is 2.08 bits per heavy atom. The van der Waals surface area contributed by atoms with Crippen molar-refractivity contribution in [2.75, 3.05) is 5.32 Å². The zero-order valence-corrected chi connectivity index (χ0v) is 13.7. The van der Waals surface area contributed by atoms with Gasteiger partial charge in [0, 0.05) is 29.8 Å². The van der Waals surface area contributed by atoms with Crippen molar-refractivity contribution in [2.45, 2.75) is 25.0 Å². The molecule has 3 atom stereocenters. The lowest BCUT2D eigenvalue weighted by Gasteiger charge is -2.38. The SMILES string of the molecule is NC1CC(O)C1CC(=O)Nc1ccc2c(c1)ncn2-c1ccccc1. The summed E-state index contributed by atoms with van der Waals surface area (Å²) in [5, 5.41) is 12.5. The van der Waals surface area contributed by atoms with E-state index in [1.165, 1.54) is 0 Å². The third-order valence-corrected chi connectivity index (χ3v) is 4.84. The minimum absolute atomic E-state index is 0.0928. The number of carbonyl (C=O) groups is 1. The third kappa shape index (κ3) is 3.01. The number of fused-ring (bicyclic) bond motifs is 1. The van der Waals surface area contributed by atoms with Crippen LogP contribution in [-0.2, 0) is 4.79 Å². The van der Waals surface area contributed by atoms with E-state index in [0.29, 0.717) is 12.1 Å². The average molecular weight is 336 g/mol. The van der Waals surface area contributed by atoms with Crippen molar-refractivity contribution in [1.29, 1.82) is 0 Å². The fourth-order valence-corrected chi connectivity index (χ4v) is 3.32. The molecule has 1 aliphatic rings. The van der Waals surface area contributed by atoms with Crippen molar-refractivity contribution in [3.8, 4) is 5.69 Å². The molecule has 0 radical (unpaired) electrons. The number of aliphatic hydroxyl groups excluding tert-OH is 1. The summed E-state index contributed by atoms with van der Waals surface area (Å²) in [5.74, 6) is -0.290. The van der Waals surface area contributed by atoms with E-state index >= 15 is 0 Å². The van der Waals surface area contributed by atoms with Gasteiger partial charge in [-0.15, -0.1) is 0 Å². The van der Waals surface area contributed by atoms with Gasteiger partial charge in [0.15, 0.2) is 0 Å². The monoisotopic (exact) mass is 336 g/mol. The Morgan fingerprint density at radius 1 is 1.28 bits per heavy atom. The molecule has 3 unspecified atom stereocenters. The van der Waals surface area contributed by atoms with Crippen LogP contribution in [0.15, 0.2) is 54.9 Å². The van der Waals surface area contributed by atoms with Crippen LogP contribution in [0.4, 0.5) is 5.69 Å². The summed E-state index contributed by atoms with van der Waals surface area (Å²) >= 11 is 0. The summed E-state index contributed by atoms with van der Waals surface area (Å²) in [5.41, 5.74) is 9.34. The first-order valence-electron chi connectivity index (χ1n) is 8.38. The number of anilines is 1. The van der Waals surface area contributed by atoms with Crippen LogP contribution in [0.2, 0.25) is 0 Å². The first-order valence-corrected chi connectivity index (χ1v) is 8.38. The predicted molar refractivity (Wildman–Crippen MR) is 96.4 cm³/mol. The number of nitrogens with two attached hydrogens (primary N) is 1. The second-order valence-corrected chi connectivity index (χ2v) is 6.54. The predicted octanol–water partition coefficient (Wildman–Crippen LogP) is 2.06. The first-order chi connectivity index (χ1) is 12.1. The lowest BCUT2D eigenvalue weighted by Crippen LogP contribution is -2.52. The minimum Gasteiger partial charge on any atom is -0.393 e. The largest absolute Gasteiger partial charge is 0.393 e. The maximum atomic E-state index is 12.2. The summed E-state index contributed by atoms with van der Waals surface area (Å²) in [7, 11) is 0. The molecular weight excluding hydrogens is 316 g/mol. The van der Waals surface area contributed by atoms with Gasteiger partial charge in [0.1, 0.15) is 6.33 Å². The molecule has 128 valence electrons. The quantitative estimate of drug-likeness (QED) is 0.680. The van der Waals surface area contributed by atoms with Gasteiger partial charge in [-0.25, -0.2) is 4.98 Å². The van der Waals surface area contributed by atoms with Crippen molar-refractivity contribution >= 4 is 22.6 Å². The van der Waals surface area contributed by atoms with Crippen LogP contribution in [0.25, 0.3) is 16.7 Å². The zero-order valence-electron chi connectivity index (χ0n) is 13.7. The number of benzene rings is 2. The maximum Gasteiger partial charge on any atom is 0.224 e. The molecule has 4 N–H and O–H groups in total. The van der Waals surface area contributed by atoms with E-state index in [4.69, 9.17) is 5.73 Å². The van der Waals surface area contributed by atoms with Gasteiger partial charge in [-0.05, 0) is 36.8 Å². The smallest absolute Gasteiger partial charge is 0.224 e. The van der Waals surface area contributed by atoms with Crippen LogP contribution in [0.3, 0.4) is 0 Å². The second-order valence-electron chi connectivity index (χ2n) is 6.54. The zero-order chi connectivity index (χ0) is 17.4. The van der Waals surface area contributed by atoms with Gasteiger partial charge in [-0.1, -0.05) is 18.2 Å². The molecule has 25 heavy (non-hydrogen) atoms. The summed E-state index contributed by atoms with van der Waals surface area (Å²) in [6.07, 6.45) is 2.11. The van der Waals surface area contributed by atoms with Crippen LogP contribution in [0, 0.1) is 5.92 Å². The number of hydrogen-bond acceptors (Lipinski definition) is 4. The highest BCUT2D eigenvalue weighted by molar-refractivity contribution is 5.93. The second kappa shape index (κ2) is 6.31. The molecule has 0 aliphatic heterocycles. The topological polar surface area (TPSA) is 93.2 Å². The Balaban J connectivity index is 1.51. The fourth-order valence-electron chi connectivity index (χ4n) is 3.32. The van der Waals surface area contributed by atoms with Crippen LogP contribution in [0.5, 0.6) is 0 Å². The van der Waals surface area contributed by atoms with E-state index in [2.05, 4.69) is 10.3 Å². The van der Waals surface area contributed by atoms with Crippen molar-refractivity contribution in [2.24, 2.45) is 11.7 Å². The van der Waals surface area contributed by atoms with Crippen molar-refractivity contribution in [1.82, 2.24) is 9.55 Å². The highest BCUT2D eigenvalue weighted by Crippen LogP contribution is 2.30. The molecule has 1 aromatic heterocycles. The van der Waals surface area contributed by atoms with Gasteiger partial charge >= 0.3 is 0 Å². The van der Waals surface area contributed by atoms with Crippen molar-refractivity contribution < 1.29 is 9.90 Å². The van der Waals surface area contributed by atoms with E-state index in [1.807, 2.05) is 53.1 Å². The van der Waals surface area contributed by atoms with Crippen LogP contribution < -0.4 is 11.1 Å². The molecule has 1 aliphatic carbocycles. The van der Waals surface area contributed by atoms with Crippen LogP contribution in [-0.4, -0.2) is 32.7 Å². The van der Waals surface area contributed by atoms with Gasteiger partial charge in [-0.3, -0.25) is 9.36 Å². The molecule has 1 amide bonds. The molecule has 6 heteroatoms. The van der Waals surface area contributed by atoms with Gasteiger partial charge in [0.2, 0.25) is 5.91 Å². The number of aliphatic hydroxyl groups is 1. The van der Waals surface area contributed by atoms with E-state index in [9.17, 15) is 9.90 Å². The molecule has 0 saturated heterocycles. The number of hydrogen-bond donors (Lipinski definition) is 3. The summed E-state index contributed by atoms with van der Waals surface area (Å²) < 4.78 is 2.00. The van der Waals surface area contributed by atoms with Gasteiger partial charge < -0.3 is 16.2 Å². The number of carbonyl (C=O) groups excluding carboxylic acids is 1. The van der Waals surface area contributed by atoms with E-state index in [0.717, 1.165) is 16.7 Å². The normalized spacial score (nSPS) is 22.6. The third-order valence-electron chi connectivity index (χ3n) is 4.84. The lowest BCUT2D eigenvalue weighted by atomic mass is 9.75. The Kier molecular flexibility index (Phi) is 3.99. The molecule has 6 nitrogen and oxygen atoms in total. The molecule has 0 spiro atoms. The van der Waals surface area contributed by atoms with E-state index < -0.39 is 6.10 Å². The van der Waals surface area contributed by atoms with E-state index in [-0.39, 0.29) is 24.3 Å². The number of nitrogens with zero attached hydrogens (tertiary/aromatic N) is 2. The Bertz CT molecular complexity index is 898. The maximum absolute atomic E-state index is 12.2. The standard InChI is InChI=1S/C19H20N4O2/c20-15-10-18(24)14(15)9-19(25)22-12-6-7-17-16(8-12)21-11-23(17)13-4-2-1-3-5-13/h1-8,11,14-15,18,24H,9-10,20H2,(H,22,25). The summed E-state index contributed by atoms with van der Waals surface area (Å²) in [4.78, 5) is 16.6. The van der Waals surface area contributed by atoms with Gasteiger partial charge in [0.25, 0.3) is 0 Å². The van der Waals surface area contributed by atoms with Crippen LogP contribution >= 0.6 is 0 Å². The van der Waals surface area contributed by atoms with Crippen molar-refractivity contribution in [3.63, 3.8) is 0 Å². The van der Waals surface area contributed by atoms with Crippen LogP contribution in [0.1, 0.15) is 12.8 Å². The number of para-hydroxylation sites is 1. The molecule has 4 rings (SSSR count). The molecule has 1 heterocycles. The minimum atomic E-state index is -0.468. The first kappa shape index (κ1) is 15.8. The molecule has 3 aromatic rings. The number of amides is 1. The van der Waals surface area contributed by atoms with Crippen molar-refractivity contribution in [3.05, 3.63) is 54.9 Å². The Hall–Kier alpha value is -2.70. The summed E-state index contributed by atoms with van der Waals surface area (Å²) in [6.45, 7) is 0. The number of imidazole rings is 1. The lowest BCUT2D eigenvalue weighted by molar-refractivity contribution is -0.120. The Morgan fingerprint density at radius 3 is 2.80 bits per heavy atom. The molecule has 0 bridgehead atoms. The number of nitrogens with one attached hydrogen (secondary N) is 1.